The molecular formula is C16H25ClN2O4. The summed E-state index contributed by atoms with van der Waals surface area (Å²) in [5, 5.41) is 2.89. The summed E-state index contributed by atoms with van der Waals surface area (Å²) < 4.78 is 16.3. The van der Waals surface area contributed by atoms with Crippen LogP contribution in [0.2, 0.25) is 0 Å². The van der Waals surface area contributed by atoms with Crippen molar-refractivity contribution in [1.29, 1.82) is 0 Å². The first-order valence-electron chi connectivity index (χ1n) is 7.60. The van der Waals surface area contributed by atoms with Crippen LogP contribution in [0, 0.1) is 0 Å². The van der Waals surface area contributed by atoms with E-state index in [1.165, 1.54) is 0 Å². The summed E-state index contributed by atoms with van der Waals surface area (Å²) in [5.74, 6) is 1.27. The maximum atomic E-state index is 12.1. The van der Waals surface area contributed by atoms with Crippen molar-refractivity contribution in [3.63, 3.8) is 0 Å². The van der Waals surface area contributed by atoms with Crippen molar-refractivity contribution in [1.82, 2.24) is 5.32 Å². The van der Waals surface area contributed by atoms with E-state index < -0.39 is 6.10 Å². The van der Waals surface area contributed by atoms with Crippen molar-refractivity contribution in [3.05, 3.63) is 23.8 Å². The van der Waals surface area contributed by atoms with Crippen LogP contribution in [0.25, 0.3) is 0 Å². The zero-order chi connectivity index (χ0) is 15.9. The van der Waals surface area contributed by atoms with E-state index in [0.29, 0.717) is 31.2 Å². The minimum absolute atomic E-state index is 0. The first kappa shape index (κ1) is 19.5. The fourth-order valence-electron chi connectivity index (χ4n) is 2.47. The van der Waals surface area contributed by atoms with Crippen molar-refractivity contribution >= 4 is 18.3 Å². The standard InChI is InChI=1S/C16H24N2O4.ClH/c1-3-21-15-8-11(4-6-13(15)20-2)10-18-16(19)14-7-5-12(9-17)22-14;/h4,6,8,12,14H,3,5,7,9-10,17H2,1-2H3,(H,18,19);1H/t12-,14+;/m1./s1. The Morgan fingerprint density at radius 2 is 2.17 bits per heavy atom. The molecule has 0 saturated carbocycles. The van der Waals surface area contributed by atoms with Crippen LogP contribution in [0.3, 0.4) is 0 Å². The molecule has 0 unspecified atom stereocenters. The molecule has 0 radical (unpaired) electrons. The van der Waals surface area contributed by atoms with Crippen molar-refractivity contribution in [3.8, 4) is 11.5 Å². The van der Waals surface area contributed by atoms with Gasteiger partial charge in [-0.1, -0.05) is 6.07 Å². The molecule has 23 heavy (non-hydrogen) atoms. The fraction of sp³-hybridized carbons (Fsp3) is 0.562. The second kappa shape index (κ2) is 9.60. The summed E-state index contributed by atoms with van der Waals surface area (Å²) in [7, 11) is 1.60. The normalized spacial score (nSPS) is 19.8. The number of nitrogens with one attached hydrogen (secondary N) is 1. The Balaban J connectivity index is 0.00000264. The van der Waals surface area contributed by atoms with Gasteiger partial charge in [0, 0.05) is 13.1 Å². The van der Waals surface area contributed by atoms with Crippen LogP contribution in [0.15, 0.2) is 18.2 Å². The topological polar surface area (TPSA) is 82.8 Å². The van der Waals surface area contributed by atoms with Crippen LogP contribution >= 0.6 is 12.4 Å². The van der Waals surface area contributed by atoms with Crippen LogP contribution in [0.4, 0.5) is 0 Å². The zero-order valence-electron chi connectivity index (χ0n) is 13.5. The summed E-state index contributed by atoms with van der Waals surface area (Å²) in [6.45, 7) is 3.36. The smallest absolute Gasteiger partial charge is 0.249 e. The SMILES string of the molecule is CCOc1cc(CNC(=O)[C@@H]2CC[C@H](CN)O2)ccc1OC.Cl. The maximum absolute atomic E-state index is 12.1. The molecule has 130 valence electrons. The van der Waals surface area contributed by atoms with Crippen LogP contribution in [-0.2, 0) is 16.1 Å². The van der Waals surface area contributed by atoms with Gasteiger partial charge in [-0.05, 0) is 37.5 Å². The number of ether oxygens (including phenoxy) is 3. The number of benzene rings is 1. The summed E-state index contributed by atoms with van der Waals surface area (Å²) in [6, 6.07) is 5.61. The largest absolute Gasteiger partial charge is 0.493 e. The Labute approximate surface area is 143 Å². The monoisotopic (exact) mass is 344 g/mol. The first-order valence-corrected chi connectivity index (χ1v) is 7.60. The van der Waals surface area contributed by atoms with Gasteiger partial charge in [0.25, 0.3) is 0 Å². The molecule has 1 heterocycles. The van der Waals surface area contributed by atoms with Gasteiger partial charge in [-0.3, -0.25) is 4.79 Å². The van der Waals surface area contributed by atoms with E-state index in [9.17, 15) is 4.79 Å². The van der Waals surface area contributed by atoms with Crippen molar-refractivity contribution in [2.75, 3.05) is 20.3 Å². The van der Waals surface area contributed by atoms with Crippen LogP contribution in [0.1, 0.15) is 25.3 Å². The number of methoxy groups -OCH3 is 1. The molecule has 7 heteroatoms. The van der Waals surface area contributed by atoms with Crippen LogP contribution < -0.4 is 20.5 Å². The number of nitrogens with two attached hydrogens (primary N) is 1. The number of halogens is 1. The maximum Gasteiger partial charge on any atom is 0.249 e. The molecule has 1 aromatic rings. The number of hydrogen-bond acceptors (Lipinski definition) is 5. The van der Waals surface area contributed by atoms with Gasteiger partial charge in [0.1, 0.15) is 6.10 Å². The Kier molecular flexibility index (Phi) is 8.16. The van der Waals surface area contributed by atoms with Gasteiger partial charge in [-0.15, -0.1) is 12.4 Å². The molecule has 3 N–H and O–H groups in total. The molecule has 1 aliphatic heterocycles. The molecule has 1 saturated heterocycles. The molecule has 1 fully saturated rings. The molecule has 0 bridgehead atoms. The molecule has 6 nitrogen and oxygen atoms in total. The minimum Gasteiger partial charge on any atom is -0.493 e. The lowest BCUT2D eigenvalue weighted by atomic mass is 10.1. The van der Waals surface area contributed by atoms with Crippen molar-refractivity contribution in [2.24, 2.45) is 5.73 Å². The van der Waals surface area contributed by atoms with Crippen molar-refractivity contribution in [2.45, 2.75) is 38.5 Å². The van der Waals surface area contributed by atoms with Gasteiger partial charge in [-0.25, -0.2) is 0 Å². The average molecular weight is 345 g/mol. The fourth-order valence-corrected chi connectivity index (χ4v) is 2.47. The third kappa shape index (κ3) is 5.27. The van der Waals surface area contributed by atoms with Gasteiger partial charge in [0.15, 0.2) is 11.5 Å². The van der Waals surface area contributed by atoms with Crippen LogP contribution in [0.5, 0.6) is 11.5 Å². The molecule has 0 aromatic heterocycles. The third-order valence-corrected chi connectivity index (χ3v) is 3.66. The molecule has 1 aromatic carbocycles. The van der Waals surface area contributed by atoms with Gasteiger partial charge >= 0.3 is 0 Å². The van der Waals surface area contributed by atoms with E-state index in [1.54, 1.807) is 7.11 Å². The predicted octanol–water partition coefficient (Wildman–Crippen LogP) is 1.64. The molecule has 2 atom stereocenters. The summed E-state index contributed by atoms with van der Waals surface area (Å²) in [4.78, 5) is 12.1. The molecule has 0 aliphatic carbocycles. The Hall–Kier alpha value is -1.50. The average Bonchev–Trinajstić information content (AvgIpc) is 3.02. The van der Waals surface area contributed by atoms with E-state index in [-0.39, 0.29) is 24.4 Å². The zero-order valence-corrected chi connectivity index (χ0v) is 14.4. The Morgan fingerprint density at radius 1 is 1.39 bits per heavy atom. The Bertz CT molecular complexity index is 513. The molecule has 1 amide bonds. The molecular weight excluding hydrogens is 320 g/mol. The first-order chi connectivity index (χ1) is 10.7. The third-order valence-electron chi connectivity index (χ3n) is 3.66. The second-order valence-corrected chi connectivity index (χ2v) is 5.20. The second-order valence-electron chi connectivity index (χ2n) is 5.20. The highest BCUT2D eigenvalue weighted by Gasteiger charge is 2.29. The van der Waals surface area contributed by atoms with E-state index in [4.69, 9.17) is 19.9 Å². The summed E-state index contributed by atoms with van der Waals surface area (Å²) in [6.07, 6.45) is 1.17. The van der Waals surface area contributed by atoms with E-state index >= 15 is 0 Å². The quantitative estimate of drug-likeness (QED) is 0.785. The molecule has 0 spiro atoms. The van der Waals surface area contributed by atoms with Crippen LogP contribution in [-0.4, -0.2) is 38.4 Å². The number of carbonyl (C=O) groups is 1. The molecule has 1 aliphatic rings. The lowest BCUT2D eigenvalue weighted by Gasteiger charge is -2.14. The predicted molar refractivity (Wildman–Crippen MR) is 90.2 cm³/mol. The van der Waals surface area contributed by atoms with E-state index in [2.05, 4.69) is 5.32 Å². The number of hydrogen-bond donors (Lipinski definition) is 2. The highest BCUT2D eigenvalue weighted by Crippen LogP contribution is 2.28. The number of carbonyl (C=O) groups excluding carboxylic acids is 1. The minimum atomic E-state index is -0.391. The summed E-state index contributed by atoms with van der Waals surface area (Å²) >= 11 is 0. The van der Waals surface area contributed by atoms with Gasteiger partial charge in [0.05, 0.1) is 19.8 Å². The van der Waals surface area contributed by atoms with Gasteiger partial charge < -0.3 is 25.3 Å². The number of rotatable bonds is 7. The van der Waals surface area contributed by atoms with E-state index in [1.807, 2.05) is 25.1 Å². The highest BCUT2D eigenvalue weighted by atomic mass is 35.5. The van der Waals surface area contributed by atoms with Crippen molar-refractivity contribution < 1.29 is 19.0 Å². The highest BCUT2D eigenvalue weighted by molar-refractivity contribution is 5.85. The van der Waals surface area contributed by atoms with Gasteiger partial charge in [-0.2, -0.15) is 0 Å². The Morgan fingerprint density at radius 3 is 2.78 bits per heavy atom. The summed E-state index contributed by atoms with van der Waals surface area (Å²) in [5.41, 5.74) is 6.50. The lowest BCUT2D eigenvalue weighted by molar-refractivity contribution is -0.132. The number of amides is 1. The molecule has 2 rings (SSSR count). The van der Waals surface area contributed by atoms with E-state index in [0.717, 1.165) is 18.4 Å². The van der Waals surface area contributed by atoms with Gasteiger partial charge in [0.2, 0.25) is 5.91 Å². The lowest BCUT2D eigenvalue weighted by Crippen LogP contribution is -2.35.